The second-order valence-electron chi connectivity index (χ2n) is 8.43. The van der Waals surface area contributed by atoms with Crippen molar-refractivity contribution >= 4 is 28.3 Å². The van der Waals surface area contributed by atoms with Crippen molar-refractivity contribution in [2.45, 2.75) is 25.7 Å². The maximum atomic E-state index is 13.6. The van der Waals surface area contributed by atoms with Gasteiger partial charge in [0.25, 0.3) is 0 Å². The van der Waals surface area contributed by atoms with Crippen LogP contribution in [0.25, 0.3) is 16.6 Å². The van der Waals surface area contributed by atoms with Crippen LogP contribution in [0.4, 0.5) is 22.4 Å². The second kappa shape index (κ2) is 8.40. The number of hydrogen-bond acceptors (Lipinski definition) is 4. The Bertz CT molecular complexity index is 1560. The van der Waals surface area contributed by atoms with E-state index < -0.39 is 29.7 Å². The number of rotatable bonds is 3. The number of fused-ring (bicyclic) bond motifs is 2. The average molecular weight is 521 g/mol. The highest BCUT2D eigenvalue weighted by Gasteiger charge is 2.65. The standard InChI is InChI=1S/C24H20F4N4O3S/c1-14-12-32(17-5-7-19-20(11-17)35-24(27,28)23(25,26)34-19)22(36-14)29-21(33)31(3)13-15-4-6-18-16(10-15)8-9-30(18)2/h4-12H,13H2,1-3H3. The summed E-state index contributed by atoms with van der Waals surface area (Å²) in [6.07, 6.45) is -6.02. The van der Waals surface area contributed by atoms with Crippen LogP contribution in [0, 0.1) is 6.92 Å². The van der Waals surface area contributed by atoms with Gasteiger partial charge in [-0.15, -0.1) is 11.3 Å². The number of halogens is 4. The van der Waals surface area contributed by atoms with E-state index in [4.69, 9.17) is 0 Å². The molecule has 0 bridgehead atoms. The number of carbonyl (C=O) groups is 1. The smallest absolute Gasteiger partial charge is 0.421 e. The van der Waals surface area contributed by atoms with Gasteiger partial charge in [0.1, 0.15) is 0 Å². The number of thiazole rings is 1. The molecular formula is C24H20F4N4O3S. The fourth-order valence-corrected chi connectivity index (χ4v) is 4.69. The van der Waals surface area contributed by atoms with E-state index in [-0.39, 0.29) is 10.5 Å². The van der Waals surface area contributed by atoms with Crippen LogP contribution < -0.4 is 14.3 Å². The van der Waals surface area contributed by atoms with Crippen molar-refractivity contribution in [1.82, 2.24) is 14.0 Å². The molecule has 2 aromatic carbocycles. The van der Waals surface area contributed by atoms with Gasteiger partial charge in [-0.25, -0.2) is 4.79 Å². The molecule has 0 fully saturated rings. The molecule has 188 valence electrons. The Hall–Kier alpha value is -3.80. The molecule has 3 heterocycles. The molecule has 1 aliphatic heterocycles. The highest BCUT2D eigenvalue weighted by molar-refractivity contribution is 7.09. The predicted octanol–water partition coefficient (Wildman–Crippen LogP) is 5.45. The zero-order chi connectivity index (χ0) is 25.8. The maximum absolute atomic E-state index is 13.6. The van der Waals surface area contributed by atoms with E-state index in [0.29, 0.717) is 6.54 Å². The van der Waals surface area contributed by atoms with Crippen molar-refractivity contribution in [2.24, 2.45) is 12.0 Å². The summed E-state index contributed by atoms with van der Waals surface area (Å²) >= 11 is 1.21. The van der Waals surface area contributed by atoms with Crippen molar-refractivity contribution < 1.29 is 31.8 Å². The van der Waals surface area contributed by atoms with Crippen LogP contribution in [-0.4, -0.2) is 39.3 Å². The zero-order valence-corrected chi connectivity index (χ0v) is 20.2. The number of urea groups is 1. The summed E-state index contributed by atoms with van der Waals surface area (Å²) in [5, 5.41) is 1.06. The number of aryl methyl sites for hydroxylation is 2. The molecule has 0 saturated heterocycles. The number of hydrogen-bond donors (Lipinski definition) is 0. The first-order valence-electron chi connectivity index (χ1n) is 10.7. The third kappa shape index (κ3) is 4.21. The van der Waals surface area contributed by atoms with E-state index >= 15 is 0 Å². The van der Waals surface area contributed by atoms with Gasteiger partial charge in [0, 0.05) is 49.5 Å². The van der Waals surface area contributed by atoms with Crippen LogP contribution in [-0.2, 0) is 13.6 Å². The molecule has 12 heteroatoms. The monoisotopic (exact) mass is 520 g/mol. The first-order chi connectivity index (χ1) is 16.9. The van der Waals surface area contributed by atoms with Crippen LogP contribution in [0.2, 0.25) is 0 Å². The molecule has 36 heavy (non-hydrogen) atoms. The van der Waals surface area contributed by atoms with Gasteiger partial charge in [0.05, 0.1) is 5.69 Å². The van der Waals surface area contributed by atoms with Gasteiger partial charge >= 0.3 is 18.2 Å². The Morgan fingerprint density at radius 1 is 1.06 bits per heavy atom. The highest BCUT2D eigenvalue weighted by Crippen LogP contribution is 2.47. The van der Waals surface area contributed by atoms with Gasteiger partial charge in [0.15, 0.2) is 16.3 Å². The van der Waals surface area contributed by atoms with Gasteiger partial charge in [-0.05, 0) is 48.2 Å². The Morgan fingerprint density at radius 3 is 2.53 bits per heavy atom. The molecule has 1 aliphatic rings. The molecule has 7 nitrogen and oxygen atoms in total. The lowest BCUT2D eigenvalue weighted by Gasteiger charge is -2.31. The normalized spacial score (nSPS) is 16.4. The number of nitrogens with zero attached hydrogens (tertiary/aromatic N) is 4. The molecule has 2 amide bonds. The molecule has 4 aromatic rings. The summed E-state index contributed by atoms with van der Waals surface area (Å²) in [6, 6.07) is 11.0. The van der Waals surface area contributed by atoms with Gasteiger partial charge in [-0.1, -0.05) is 6.07 Å². The molecule has 5 rings (SSSR count). The number of ether oxygens (including phenoxy) is 2. The van der Waals surface area contributed by atoms with Crippen LogP contribution in [0.15, 0.2) is 59.9 Å². The third-order valence-corrected chi connectivity index (χ3v) is 6.57. The summed E-state index contributed by atoms with van der Waals surface area (Å²) in [5.74, 6) is -1.07. The van der Waals surface area contributed by atoms with Crippen LogP contribution in [0.5, 0.6) is 11.5 Å². The van der Waals surface area contributed by atoms with E-state index in [1.165, 1.54) is 26.9 Å². The number of carbonyl (C=O) groups excluding carboxylic acids is 1. The quantitative estimate of drug-likeness (QED) is 0.338. The Morgan fingerprint density at radius 2 is 1.78 bits per heavy atom. The van der Waals surface area contributed by atoms with Gasteiger partial charge < -0.3 is 18.9 Å². The number of amides is 2. The van der Waals surface area contributed by atoms with Crippen LogP contribution >= 0.6 is 11.3 Å². The highest BCUT2D eigenvalue weighted by atomic mass is 32.1. The average Bonchev–Trinajstić information content (AvgIpc) is 3.35. The van der Waals surface area contributed by atoms with E-state index in [1.54, 1.807) is 20.2 Å². The van der Waals surface area contributed by atoms with Crippen LogP contribution in [0.1, 0.15) is 10.4 Å². The maximum Gasteiger partial charge on any atom is 0.507 e. The molecule has 0 saturated carbocycles. The van der Waals surface area contributed by atoms with Crippen molar-refractivity contribution in [3.63, 3.8) is 0 Å². The molecule has 0 unspecified atom stereocenters. The molecule has 0 aliphatic carbocycles. The number of benzene rings is 2. The largest absolute Gasteiger partial charge is 0.507 e. The predicted molar refractivity (Wildman–Crippen MR) is 125 cm³/mol. The van der Waals surface area contributed by atoms with Gasteiger partial charge in [0.2, 0.25) is 0 Å². The number of alkyl halides is 4. The van der Waals surface area contributed by atoms with Gasteiger partial charge in [-0.2, -0.15) is 22.6 Å². The first-order valence-corrected chi connectivity index (χ1v) is 11.6. The van der Waals surface area contributed by atoms with Gasteiger partial charge in [-0.3, -0.25) is 4.57 Å². The minimum atomic E-state index is -4.83. The second-order valence-corrected chi connectivity index (χ2v) is 9.65. The summed E-state index contributed by atoms with van der Waals surface area (Å²) in [5.41, 5.74) is 2.29. The summed E-state index contributed by atoms with van der Waals surface area (Å²) in [6.45, 7) is 2.11. The lowest BCUT2D eigenvalue weighted by atomic mass is 10.1. The minimum Gasteiger partial charge on any atom is -0.421 e. The Labute approximate surface area is 206 Å². The van der Waals surface area contributed by atoms with Crippen molar-refractivity contribution in [2.75, 3.05) is 7.05 Å². The lowest BCUT2D eigenvalue weighted by Crippen LogP contribution is -2.52. The molecular weight excluding hydrogens is 500 g/mol. The van der Waals surface area contributed by atoms with Crippen molar-refractivity contribution in [3.8, 4) is 17.2 Å². The van der Waals surface area contributed by atoms with E-state index in [9.17, 15) is 22.4 Å². The van der Waals surface area contributed by atoms with E-state index in [0.717, 1.165) is 33.5 Å². The number of aromatic nitrogens is 2. The lowest BCUT2D eigenvalue weighted by molar-refractivity contribution is -0.391. The zero-order valence-electron chi connectivity index (χ0n) is 19.3. The molecule has 0 N–H and O–H groups in total. The first kappa shape index (κ1) is 23.9. The Balaban J connectivity index is 1.42. The summed E-state index contributed by atoms with van der Waals surface area (Å²) in [7, 11) is 3.58. The molecule has 0 radical (unpaired) electrons. The minimum absolute atomic E-state index is 0.275. The molecule has 2 aromatic heterocycles. The molecule has 0 spiro atoms. The Kier molecular flexibility index (Phi) is 5.58. The fraction of sp³-hybridized carbons (Fsp3) is 0.250. The third-order valence-electron chi connectivity index (χ3n) is 5.68. The summed E-state index contributed by atoms with van der Waals surface area (Å²) < 4.78 is 66.0. The van der Waals surface area contributed by atoms with E-state index in [1.807, 2.05) is 42.1 Å². The molecule has 0 atom stereocenters. The fourth-order valence-electron chi connectivity index (χ4n) is 3.86. The summed E-state index contributed by atoms with van der Waals surface area (Å²) in [4.78, 5) is 19.6. The SMILES string of the molecule is Cc1cn(-c2ccc3c(c2)OC(F)(F)C(F)(F)O3)c(=NC(=O)N(C)Cc2ccc3c(ccn3C)c2)s1. The van der Waals surface area contributed by atoms with Crippen LogP contribution in [0.3, 0.4) is 0 Å². The van der Waals surface area contributed by atoms with Crippen molar-refractivity contribution in [1.29, 1.82) is 0 Å². The van der Waals surface area contributed by atoms with Crippen molar-refractivity contribution in [3.05, 3.63) is 70.1 Å². The topological polar surface area (TPSA) is 61.0 Å². The van der Waals surface area contributed by atoms with E-state index in [2.05, 4.69) is 14.5 Å².